The number of nitrogens with zero attached hydrogens (tertiary/aromatic N) is 1. The van der Waals surface area contributed by atoms with Crippen molar-refractivity contribution in [2.24, 2.45) is 0 Å². The van der Waals surface area contributed by atoms with Gasteiger partial charge >= 0.3 is 12.3 Å². The van der Waals surface area contributed by atoms with Gasteiger partial charge in [0.25, 0.3) is 0 Å². The molecule has 0 aromatic heterocycles. The van der Waals surface area contributed by atoms with Crippen molar-refractivity contribution in [3.8, 4) is 11.5 Å². The molecule has 1 fully saturated rings. The summed E-state index contributed by atoms with van der Waals surface area (Å²) in [4.78, 5) is 15.0. The first-order valence-corrected chi connectivity index (χ1v) is 11.3. The zero-order valence-corrected chi connectivity index (χ0v) is 18.2. The maximum absolute atomic E-state index is 12.6. The first-order valence-electron chi connectivity index (χ1n) is 9.41. The van der Waals surface area contributed by atoms with E-state index in [2.05, 4.69) is 4.90 Å². The Kier molecular flexibility index (Phi) is 8.80. The van der Waals surface area contributed by atoms with Crippen molar-refractivity contribution >= 4 is 40.9 Å². The minimum Gasteiger partial charge on any atom is -0.459 e. The van der Waals surface area contributed by atoms with Crippen LogP contribution >= 0.6 is 35.0 Å². The second kappa shape index (κ2) is 11.6. The van der Waals surface area contributed by atoms with Crippen LogP contribution < -0.4 is 9.47 Å². The molecule has 0 spiro atoms. The fraction of sp³-hybridized carbons (Fsp3) is 0.381. The number of carbonyl (C=O) groups excluding carboxylic acids is 1. The van der Waals surface area contributed by atoms with Gasteiger partial charge in [0, 0.05) is 28.9 Å². The molecule has 0 aliphatic carbocycles. The molecule has 1 heterocycles. The van der Waals surface area contributed by atoms with E-state index in [-0.39, 0.29) is 6.61 Å². The number of thioether (sulfide) groups is 1. The van der Waals surface area contributed by atoms with Gasteiger partial charge in [-0.15, -0.1) is 0 Å². The number of esters is 1. The van der Waals surface area contributed by atoms with Gasteiger partial charge in [-0.1, -0.05) is 23.2 Å². The van der Waals surface area contributed by atoms with Crippen LogP contribution in [0.15, 0.2) is 48.5 Å². The summed E-state index contributed by atoms with van der Waals surface area (Å²) >= 11 is 13.8. The Morgan fingerprint density at radius 1 is 0.931 bits per heavy atom. The zero-order valence-electron chi connectivity index (χ0n) is 15.9. The fourth-order valence-corrected chi connectivity index (χ4v) is 3.94. The van der Waals surface area contributed by atoms with E-state index in [1.165, 1.54) is 5.75 Å². The van der Waals surface area contributed by atoms with Gasteiger partial charge in [-0.2, -0.15) is 11.8 Å². The normalized spacial score (nSPS) is 15.0. The molecule has 0 bridgehead atoms. The highest BCUT2D eigenvalue weighted by Gasteiger charge is 2.25. The number of ether oxygens (including phenoxy) is 3. The molecule has 3 rings (SSSR count). The van der Waals surface area contributed by atoms with Gasteiger partial charge in [0.2, 0.25) is 0 Å². The Hall–Kier alpha value is -1.60. The number of rotatable bonds is 8. The lowest BCUT2D eigenvalue weighted by Crippen LogP contribution is -2.37. The number of hydrogen-bond acceptors (Lipinski definition) is 6. The molecule has 0 radical (unpaired) electrons. The lowest BCUT2D eigenvalue weighted by molar-refractivity contribution is -0.166. The zero-order chi connectivity index (χ0) is 20.5. The fourth-order valence-electron chi connectivity index (χ4n) is 2.76. The van der Waals surface area contributed by atoms with Gasteiger partial charge in [-0.3, -0.25) is 4.90 Å². The lowest BCUT2D eigenvalue weighted by atomic mass is 10.3. The molecule has 29 heavy (non-hydrogen) atoms. The lowest BCUT2D eigenvalue weighted by Gasteiger charge is -2.21. The van der Waals surface area contributed by atoms with Crippen molar-refractivity contribution in [1.82, 2.24) is 4.90 Å². The van der Waals surface area contributed by atoms with Crippen molar-refractivity contribution in [1.29, 1.82) is 0 Å². The molecule has 5 nitrogen and oxygen atoms in total. The number of hydrogen-bond donors (Lipinski definition) is 0. The van der Waals surface area contributed by atoms with E-state index in [1.54, 1.807) is 48.5 Å². The van der Waals surface area contributed by atoms with E-state index in [4.69, 9.17) is 37.4 Å². The van der Waals surface area contributed by atoms with Gasteiger partial charge in [0.15, 0.2) is 0 Å². The van der Waals surface area contributed by atoms with Gasteiger partial charge in [0.1, 0.15) is 18.1 Å². The Balaban J connectivity index is 1.59. The summed E-state index contributed by atoms with van der Waals surface area (Å²) in [7, 11) is 0. The molecule has 0 atom stereocenters. The Labute approximate surface area is 185 Å². The second-order valence-electron chi connectivity index (χ2n) is 6.45. The molecule has 156 valence electrons. The van der Waals surface area contributed by atoms with Crippen LogP contribution in [0.4, 0.5) is 0 Å². The van der Waals surface area contributed by atoms with Gasteiger partial charge in [0.05, 0.1) is 0 Å². The standard InChI is InChI=1S/C21H23Cl2NO4S/c22-16-2-6-18(7-3-16)27-21(28-19-8-4-17(23)5-9-19)20(25)26-13-11-24-10-1-14-29-15-12-24/h2-9,21H,1,10-15H2. The maximum Gasteiger partial charge on any atom is 0.389 e. The van der Waals surface area contributed by atoms with Crippen LogP contribution in [0.25, 0.3) is 0 Å². The predicted octanol–water partition coefficient (Wildman–Crippen LogP) is 4.76. The van der Waals surface area contributed by atoms with Crippen molar-refractivity contribution < 1.29 is 19.0 Å². The highest BCUT2D eigenvalue weighted by Crippen LogP contribution is 2.21. The van der Waals surface area contributed by atoms with E-state index >= 15 is 0 Å². The molecular formula is C21H23Cl2NO4S. The molecule has 8 heteroatoms. The topological polar surface area (TPSA) is 48.0 Å². The second-order valence-corrected chi connectivity index (χ2v) is 8.55. The molecule has 0 amide bonds. The van der Waals surface area contributed by atoms with Crippen LogP contribution in [0.2, 0.25) is 10.0 Å². The van der Waals surface area contributed by atoms with Crippen molar-refractivity contribution in [2.45, 2.75) is 12.7 Å². The third-order valence-corrected chi connectivity index (χ3v) is 5.83. The van der Waals surface area contributed by atoms with Crippen molar-refractivity contribution in [2.75, 3.05) is 37.7 Å². The first kappa shape index (κ1) is 22.1. The van der Waals surface area contributed by atoms with Crippen LogP contribution in [-0.4, -0.2) is 54.9 Å². The SMILES string of the molecule is O=C(OCCN1CCCSCC1)C(Oc1ccc(Cl)cc1)Oc1ccc(Cl)cc1. The average molecular weight is 456 g/mol. The van der Waals surface area contributed by atoms with E-state index in [9.17, 15) is 4.79 Å². The summed E-state index contributed by atoms with van der Waals surface area (Å²) < 4.78 is 16.9. The monoisotopic (exact) mass is 455 g/mol. The van der Waals surface area contributed by atoms with Crippen LogP contribution in [0.3, 0.4) is 0 Å². The number of benzene rings is 2. The van der Waals surface area contributed by atoms with Crippen LogP contribution in [-0.2, 0) is 9.53 Å². The molecule has 2 aromatic carbocycles. The minimum atomic E-state index is -1.24. The molecule has 0 saturated carbocycles. The van der Waals surface area contributed by atoms with E-state index in [1.807, 2.05) is 11.8 Å². The molecule has 1 aliphatic rings. The molecular weight excluding hydrogens is 433 g/mol. The maximum atomic E-state index is 12.6. The summed E-state index contributed by atoms with van der Waals surface area (Å²) in [5, 5.41) is 1.15. The summed E-state index contributed by atoms with van der Waals surface area (Å²) in [5.74, 6) is 2.61. The van der Waals surface area contributed by atoms with Crippen molar-refractivity contribution in [3.63, 3.8) is 0 Å². The molecule has 0 N–H and O–H groups in total. The highest BCUT2D eigenvalue weighted by atomic mass is 35.5. The summed E-state index contributed by atoms with van der Waals surface area (Å²) in [6, 6.07) is 13.4. The van der Waals surface area contributed by atoms with Gasteiger partial charge in [-0.05, 0) is 67.2 Å². The van der Waals surface area contributed by atoms with Crippen LogP contribution in [0.5, 0.6) is 11.5 Å². The predicted molar refractivity (Wildman–Crippen MR) is 117 cm³/mol. The molecule has 2 aromatic rings. The quantitative estimate of drug-likeness (QED) is 0.422. The van der Waals surface area contributed by atoms with Crippen molar-refractivity contribution in [3.05, 3.63) is 58.6 Å². The Morgan fingerprint density at radius 2 is 1.52 bits per heavy atom. The summed E-state index contributed by atoms with van der Waals surface area (Å²) in [5.41, 5.74) is 0. The molecule has 1 aliphatic heterocycles. The smallest absolute Gasteiger partial charge is 0.389 e. The Bertz CT molecular complexity index is 718. The van der Waals surface area contributed by atoms with Gasteiger partial charge < -0.3 is 14.2 Å². The minimum absolute atomic E-state index is 0.286. The summed E-state index contributed by atoms with van der Waals surface area (Å²) in [6.07, 6.45) is -0.0855. The summed E-state index contributed by atoms with van der Waals surface area (Å²) in [6.45, 7) is 3.01. The average Bonchev–Trinajstić information content (AvgIpc) is 2.99. The number of carbonyl (C=O) groups is 1. The first-order chi connectivity index (χ1) is 14.1. The molecule has 1 saturated heterocycles. The van der Waals surface area contributed by atoms with Crippen LogP contribution in [0.1, 0.15) is 6.42 Å². The third-order valence-electron chi connectivity index (χ3n) is 4.27. The van der Waals surface area contributed by atoms with Gasteiger partial charge in [-0.25, -0.2) is 4.79 Å². The third kappa shape index (κ3) is 7.63. The van der Waals surface area contributed by atoms with E-state index in [0.717, 1.165) is 25.3 Å². The van der Waals surface area contributed by atoms with E-state index in [0.29, 0.717) is 28.1 Å². The van der Waals surface area contributed by atoms with E-state index < -0.39 is 12.3 Å². The highest BCUT2D eigenvalue weighted by molar-refractivity contribution is 7.99. The number of halogens is 2. The van der Waals surface area contributed by atoms with Crippen LogP contribution in [0, 0.1) is 0 Å². The largest absolute Gasteiger partial charge is 0.459 e. The Morgan fingerprint density at radius 3 is 2.10 bits per heavy atom. The molecule has 0 unspecified atom stereocenters.